The smallest absolute Gasteiger partial charge is 0.122 e. The van der Waals surface area contributed by atoms with Crippen molar-refractivity contribution < 1.29 is 5.11 Å². The van der Waals surface area contributed by atoms with Crippen LogP contribution in [0.5, 0.6) is 5.75 Å². The van der Waals surface area contributed by atoms with Gasteiger partial charge in [0.25, 0.3) is 0 Å². The van der Waals surface area contributed by atoms with Crippen LogP contribution in [-0.2, 0) is 0 Å². The van der Waals surface area contributed by atoms with E-state index in [1.165, 1.54) is 0 Å². The van der Waals surface area contributed by atoms with Crippen LogP contribution in [0, 0.1) is 0 Å². The Morgan fingerprint density at radius 1 is 1.36 bits per heavy atom. The van der Waals surface area contributed by atoms with Gasteiger partial charge in [0.05, 0.1) is 0 Å². The van der Waals surface area contributed by atoms with Crippen LogP contribution in [0.3, 0.4) is 0 Å². The number of benzene rings is 1. The van der Waals surface area contributed by atoms with Crippen molar-refractivity contribution in [2.45, 2.75) is 0 Å². The van der Waals surface area contributed by atoms with Crippen molar-refractivity contribution in [3.63, 3.8) is 0 Å². The van der Waals surface area contributed by atoms with E-state index in [-0.39, 0.29) is 0 Å². The highest BCUT2D eigenvalue weighted by molar-refractivity contribution is 9.09. The van der Waals surface area contributed by atoms with Crippen molar-refractivity contribution in [1.82, 2.24) is 0 Å². The molecule has 0 fully saturated rings. The van der Waals surface area contributed by atoms with Crippen LogP contribution in [-0.4, -0.2) is 10.4 Å². The Bertz CT molecular complexity index is 255. The molecule has 1 rings (SSSR count). The molecular formula is C9H9BrO. The van der Waals surface area contributed by atoms with Crippen LogP contribution >= 0.6 is 15.9 Å². The molecule has 0 aromatic heterocycles. The molecule has 0 aliphatic rings. The number of hydrogen-bond donors (Lipinski definition) is 1. The van der Waals surface area contributed by atoms with Crippen molar-refractivity contribution in [1.29, 1.82) is 0 Å². The largest absolute Gasteiger partial charge is 0.507 e. The average Bonchev–Trinajstić information content (AvgIpc) is 2.03. The summed E-state index contributed by atoms with van der Waals surface area (Å²) in [5.74, 6) is 0.324. The Morgan fingerprint density at radius 2 is 2.09 bits per heavy atom. The summed E-state index contributed by atoms with van der Waals surface area (Å²) in [5, 5.41) is 10.1. The number of allylic oxidation sites excluding steroid dienone is 1. The lowest BCUT2D eigenvalue weighted by Crippen LogP contribution is -1.72. The van der Waals surface area contributed by atoms with Gasteiger partial charge in [-0.25, -0.2) is 0 Å². The Kier molecular flexibility index (Phi) is 3.17. The van der Waals surface area contributed by atoms with Crippen LogP contribution in [0.2, 0.25) is 0 Å². The molecule has 1 aromatic rings. The second kappa shape index (κ2) is 4.19. The van der Waals surface area contributed by atoms with E-state index in [4.69, 9.17) is 0 Å². The molecule has 0 saturated carbocycles. The molecule has 11 heavy (non-hydrogen) atoms. The molecular weight excluding hydrogens is 204 g/mol. The second-order valence-electron chi connectivity index (χ2n) is 2.12. The molecule has 0 radical (unpaired) electrons. The van der Waals surface area contributed by atoms with Crippen molar-refractivity contribution in [3.8, 4) is 5.75 Å². The van der Waals surface area contributed by atoms with E-state index >= 15 is 0 Å². The lowest BCUT2D eigenvalue weighted by molar-refractivity contribution is 0.474. The highest BCUT2D eigenvalue weighted by Crippen LogP contribution is 2.16. The van der Waals surface area contributed by atoms with Gasteiger partial charge in [0.1, 0.15) is 5.75 Å². The molecule has 0 saturated heterocycles. The topological polar surface area (TPSA) is 20.2 Å². The molecule has 0 amide bonds. The predicted molar refractivity (Wildman–Crippen MR) is 50.9 cm³/mol. The highest BCUT2D eigenvalue weighted by Gasteiger charge is 1.91. The number of alkyl halides is 1. The van der Waals surface area contributed by atoms with Gasteiger partial charge < -0.3 is 5.11 Å². The van der Waals surface area contributed by atoms with Gasteiger partial charge in [-0.1, -0.05) is 46.3 Å². The Balaban J connectivity index is 2.86. The van der Waals surface area contributed by atoms with Crippen LogP contribution < -0.4 is 0 Å². The van der Waals surface area contributed by atoms with Gasteiger partial charge in [0.2, 0.25) is 0 Å². The number of phenols is 1. The zero-order valence-corrected chi connectivity index (χ0v) is 7.58. The maximum absolute atomic E-state index is 9.27. The maximum Gasteiger partial charge on any atom is 0.122 e. The van der Waals surface area contributed by atoms with Crippen molar-refractivity contribution in [2.75, 3.05) is 5.33 Å². The monoisotopic (exact) mass is 212 g/mol. The summed E-state index contributed by atoms with van der Waals surface area (Å²) in [6, 6.07) is 7.25. The summed E-state index contributed by atoms with van der Waals surface area (Å²) in [5.41, 5.74) is 0.854. The fraction of sp³-hybridized carbons (Fsp3) is 0.111. The van der Waals surface area contributed by atoms with Crippen LogP contribution in [0.25, 0.3) is 6.08 Å². The van der Waals surface area contributed by atoms with Crippen molar-refractivity contribution >= 4 is 22.0 Å². The molecule has 1 aromatic carbocycles. The molecule has 1 nitrogen and oxygen atoms in total. The molecule has 0 unspecified atom stereocenters. The quantitative estimate of drug-likeness (QED) is 0.749. The fourth-order valence-electron chi connectivity index (χ4n) is 0.800. The van der Waals surface area contributed by atoms with E-state index in [0.717, 1.165) is 10.9 Å². The van der Waals surface area contributed by atoms with Gasteiger partial charge in [-0.05, 0) is 6.07 Å². The molecule has 2 heteroatoms. The van der Waals surface area contributed by atoms with Gasteiger partial charge in [-0.2, -0.15) is 0 Å². The number of aromatic hydroxyl groups is 1. The van der Waals surface area contributed by atoms with E-state index in [2.05, 4.69) is 15.9 Å². The minimum atomic E-state index is 0.324. The van der Waals surface area contributed by atoms with Crippen molar-refractivity contribution in [2.24, 2.45) is 0 Å². The van der Waals surface area contributed by atoms with E-state index in [9.17, 15) is 5.11 Å². The first-order chi connectivity index (χ1) is 5.34. The summed E-state index contributed by atoms with van der Waals surface area (Å²) < 4.78 is 0. The molecule has 0 atom stereocenters. The highest BCUT2D eigenvalue weighted by atomic mass is 79.9. The maximum atomic E-state index is 9.27. The first-order valence-corrected chi connectivity index (χ1v) is 4.47. The first-order valence-electron chi connectivity index (χ1n) is 3.35. The van der Waals surface area contributed by atoms with Crippen LogP contribution in [0.1, 0.15) is 5.56 Å². The Labute approximate surface area is 74.5 Å². The SMILES string of the molecule is Oc1ccccc1C=CCBr. The second-order valence-corrected chi connectivity index (χ2v) is 2.76. The van der Waals surface area contributed by atoms with Crippen molar-refractivity contribution in [3.05, 3.63) is 35.9 Å². The molecule has 58 valence electrons. The number of para-hydroxylation sites is 1. The Morgan fingerprint density at radius 3 is 2.73 bits per heavy atom. The summed E-state index contributed by atoms with van der Waals surface area (Å²) in [6.07, 6.45) is 3.82. The molecule has 0 spiro atoms. The van der Waals surface area contributed by atoms with Gasteiger partial charge in [0, 0.05) is 10.9 Å². The number of hydrogen-bond acceptors (Lipinski definition) is 1. The fourth-order valence-corrected chi connectivity index (χ4v) is 0.987. The third-order valence-electron chi connectivity index (χ3n) is 1.32. The first kappa shape index (κ1) is 8.34. The average molecular weight is 213 g/mol. The minimum absolute atomic E-state index is 0.324. The normalized spacial score (nSPS) is 10.6. The Hall–Kier alpha value is -0.760. The summed E-state index contributed by atoms with van der Waals surface area (Å²) in [6.45, 7) is 0. The standard InChI is InChI=1S/C9H9BrO/c10-7-3-5-8-4-1-2-6-9(8)11/h1-6,11H,7H2. The number of halogens is 1. The summed E-state index contributed by atoms with van der Waals surface area (Å²) >= 11 is 3.26. The molecule has 0 bridgehead atoms. The lowest BCUT2D eigenvalue weighted by atomic mass is 10.2. The van der Waals surface area contributed by atoms with E-state index in [0.29, 0.717) is 5.75 Å². The summed E-state index contributed by atoms with van der Waals surface area (Å²) in [4.78, 5) is 0. The molecule has 0 aliphatic carbocycles. The summed E-state index contributed by atoms with van der Waals surface area (Å²) in [7, 11) is 0. The van der Waals surface area contributed by atoms with E-state index in [1.54, 1.807) is 12.1 Å². The predicted octanol–water partition coefficient (Wildman–Crippen LogP) is 2.80. The van der Waals surface area contributed by atoms with Gasteiger partial charge in [-0.3, -0.25) is 0 Å². The van der Waals surface area contributed by atoms with Crippen LogP contribution in [0.4, 0.5) is 0 Å². The van der Waals surface area contributed by atoms with Gasteiger partial charge in [-0.15, -0.1) is 0 Å². The number of rotatable bonds is 2. The molecule has 1 N–H and O–H groups in total. The zero-order valence-electron chi connectivity index (χ0n) is 6.00. The molecule has 0 aliphatic heterocycles. The molecule has 0 heterocycles. The zero-order chi connectivity index (χ0) is 8.10. The number of phenolic OH excluding ortho intramolecular Hbond substituents is 1. The third-order valence-corrected chi connectivity index (χ3v) is 1.70. The minimum Gasteiger partial charge on any atom is -0.507 e. The van der Waals surface area contributed by atoms with E-state index in [1.807, 2.05) is 24.3 Å². The van der Waals surface area contributed by atoms with Gasteiger partial charge >= 0.3 is 0 Å². The lowest BCUT2D eigenvalue weighted by Gasteiger charge is -1.95. The van der Waals surface area contributed by atoms with E-state index < -0.39 is 0 Å². The van der Waals surface area contributed by atoms with Gasteiger partial charge in [0.15, 0.2) is 0 Å². The third kappa shape index (κ3) is 2.39. The van der Waals surface area contributed by atoms with Crippen LogP contribution in [0.15, 0.2) is 30.3 Å².